The van der Waals surface area contributed by atoms with Crippen LogP contribution in [0.5, 0.6) is 0 Å². The minimum Gasteiger partial charge on any atom is -0.361 e. The molecular formula is C12H18N2O4S. The molecule has 106 valence electrons. The maximum absolute atomic E-state index is 11.8. The lowest BCUT2D eigenvalue weighted by Gasteiger charge is -2.09. The predicted molar refractivity (Wildman–Crippen MR) is 69.5 cm³/mol. The molecule has 0 aromatic carbocycles. The summed E-state index contributed by atoms with van der Waals surface area (Å²) in [5, 5.41) is 6.57. The molecule has 7 heteroatoms. The number of hydrogen-bond donors (Lipinski definition) is 1. The number of aryl methyl sites for hydroxylation is 2. The van der Waals surface area contributed by atoms with E-state index >= 15 is 0 Å². The predicted octanol–water partition coefficient (Wildman–Crippen LogP) is 0.385. The third kappa shape index (κ3) is 3.56. The number of hydrogen-bond acceptors (Lipinski definition) is 5. The van der Waals surface area contributed by atoms with Gasteiger partial charge < -0.3 is 9.84 Å². The van der Waals surface area contributed by atoms with Crippen LogP contribution in [0.3, 0.4) is 0 Å². The second-order valence-corrected chi connectivity index (χ2v) is 7.28. The molecule has 2 heterocycles. The fraction of sp³-hybridized carbons (Fsp3) is 0.667. The topological polar surface area (TPSA) is 89.3 Å². The van der Waals surface area contributed by atoms with Crippen LogP contribution >= 0.6 is 0 Å². The fourth-order valence-corrected chi connectivity index (χ4v) is 4.13. The largest absolute Gasteiger partial charge is 0.361 e. The summed E-state index contributed by atoms with van der Waals surface area (Å²) in [6.07, 6.45) is 0.856. The van der Waals surface area contributed by atoms with Gasteiger partial charge in [0.15, 0.2) is 9.84 Å². The zero-order valence-electron chi connectivity index (χ0n) is 11.1. The molecule has 1 aromatic heterocycles. The molecule has 1 N–H and O–H groups in total. The summed E-state index contributed by atoms with van der Waals surface area (Å²) in [6, 6.07) is 0. The van der Waals surface area contributed by atoms with Crippen molar-refractivity contribution in [2.45, 2.75) is 26.7 Å². The number of nitrogens with one attached hydrogen (secondary N) is 1. The molecule has 19 heavy (non-hydrogen) atoms. The molecule has 1 atom stereocenters. The van der Waals surface area contributed by atoms with Crippen molar-refractivity contribution >= 4 is 15.7 Å². The average Bonchev–Trinajstić information content (AvgIpc) is 2.83. The first-order chi connectivity index (χ1) is 8.87. The number of carbonyl (C=O) groups excluding carboxylic acids is 1. The van der Waals surface area contributed by atoms with Gasteiger partial charge in [-0.3, -0.25) is 4.79 Å². The molecular weight excluding hydrogens is 268 g/mol. The summed E-state index contributed by atoms with van der Waals surface area (Å²) in [5.41, 5.74) is 1.52. The zero-order chi connectivity index (χ0) is 14.0. The van der Waals surface area contributed by atoms with Crippen molar-refractivity contribution < 1.29 is 17.7 Å². The highest BCUT2D eigenvalue weighted by molar-refractivity contribution is 7.91. The Labute approximate surface area is 112 Å². The first-order valence-corrected chi connectivity index (χ1v) is 8.08. The van der Waals surface area contributed by atoms with Gasteiger partial charge in [-0.1, -0.05) is 5.16 Å². The highest BCUT2D eigenvalue weighted by Crippen LogP contribution is 2.17. The lowest BCUT2D eigenvalue weighted by atomic mass is 10.1. The highest BCUT2D eigenvalue weighted by Gasteiger charge is 2.28. The first-order valence-electron chi connectivity index (χ1n) is 6.26. The van der Waals surface area contributed by atoms with Crippen LogP contribution in [0.15, 0.2) is 4.52 Å². The fourth-order valence-electron chi connectivity index (χ4n) is 2.27. The van der Waals surface area contributed by atoms with E-state index in [9.17, 15) is 13.2 Å². The van der Waals surface area contributed by atoms with Gasteiger partial charge in [0, 0.05) is 12.1 Å². The molecule has 0 unspecified atom stereocenters. The molecule has 1 fully saturated rings. The minimum absolute atomic E-state index is 0.0404. The Bertz CT molecular complexity index is 557. The van der Waals surface area contributed by atoms with Crippen LogP contribution in [0, 0.1) is 19.8 Å². The van der Waals surface area contributed by atoms with E-state index in [2.05, 4.69) is 10.5 Å². The summed E-state index contributed by atoms with van der Waals surface area (Å²) in [7, 11) is -2.88. The van der Waals surface area contributed by atoms with Crippen molar-refractivity contribution in [3.8, 4) is 0 Å². The van der Waals surface area contributed by atoms with Crippen molar-refractivity contribution in [1.82, 2.24) is 10.5 Å². The van der Waals surface area contributed by atoms with Gasteiger partial charge in [-0.05, 0) is 26.2 Å². The van der Waals surface area contributed by atoms with Gasteiger partial charge in [-0.2, -0.15) is 0 Å². The van der Waals surface area contributed by atoms with Crippen LogP contribution in [0.2, 0.25) is 0 Å². The van der Waals surface area contributed by atoms with Gasteiger partial charge in [0.1, 0.15) is 5.76 Å². The molecule has 0 bridgehead atoms. The Kier molecular flexibility index (Phi) is 3.93. The molecule has 2 rings (SSSR count). The average molecular weight is 286 g/mol. The van der Waals surface area contributed by atoms with E-state index in [1.54, 1.807) is 13.8 Å². The summed E-state index contributed by atoms with van der Waals surface area (Å²) in [5.74, 6) is 0.976. The summed E-state index contributed by atoms with van der Waals surface area (Å²) >= 11 is 0. The standard InChI is InChI=1S/C12H18N2O4S/c1-8-11(9(2)18-14-8)5-12(15)13-6-10-3-4-19(16,17)7-10/h10H,3-7H2,1-2H3,(H,13,15)/t10-/m1/s1. The number of aromatic nitrogens is 1. The van der Waals surface area contributed by atoms with Crippen molar-refractivity contribution in [1.29, 1.82) is 0 Å². The molecule has 1 aliphatic rings. The summed E-state index contributed by atoms with van der Waals surface area (Å²) < 4.78 is 27.6. The number of carbonyl (C=O) groups is 1. The Balaban J connectivity index is 1.83. The van der Waals surface area contributed by atoms with Gasteiger partial charge in [0.05, 0.1) is 23.6 Å². The number of amides is 1. The van der Waals surface area contributed by atoms with Crippen molar-refractivity contribution in [2.75, 3.05) is 18.1 Å². The smallest absolute Gasteiger partial charge is 0.224 e. The third-order valence-electron chi connectivity index (χ3n) is 3.43. The number of sulfone groups is 1. The van der Waals surface area contributed by atoms with Crippen molar-refractivity contribution in [3.63, 3.8) is 0 Å². The van der Waals surface area contributed by atoms with Gasteiger partial charge in [-0.25, -0.2) is 8.42 Å². The van der Waals surface area contributed by atoms with Gasteiger partial charge in [0.2, 0.25) is 5.91 Å². The molecule has 0 spiro atoms. The van der Waals surface area contributed by atoms with Crippen LogP contribution in [0.4, 0.5) is 0 Å². The zero-order valence-corrected chi connectivity index (χ0v) is 11.9. The van der Waals surface area contributed by atoms with Crippen LogP contribution in [-0.4, -0.2) is 37.5 Å². The quantitative estimate of drug-likeness (QED) is 0.864. The second kappa shape index (κ2) is 5.32. The van der Waals surface area contributed by atoms with E-state index in [4.69, 9.17) is 4.52 Å². The molecule has 6 nitrogen and oxygen atoms in total. The van der Waals surface area contributed by atoms with E-state index in [0.717, 1.165) is 11.3 Å². The lowest BCUT2D eigenvalue weighted by Crippen LogP contribution is -2.31. The van der Waals surface area contributed by atoms with E-state index < -0.39 is 9.84 Å². The molecule has 1 saturated heterocycles. The van der Waals surface area contributed by atoms with E-state index in [-0.39, 0.29) is 29.8 Å². The molecule has 0 radical (unpaired) electrons. The minimum atomic E-state index is -2.88. The maximum Gasteiger partial charge on any atom is 0.224 e. The Morgan fingerprint density at radius 2 is 2.21 bits per heavy atom. The Morgan fingerprint density at radius 3 is 2.74 bits per heavy atom. The second-order valence-electron chi connectivity index (χ2n) is 5.05. The normalized spacial score (nSPS) is 21.5. The summed E-state index contributed by atoms with van der Waals surface area (Å²) in [6.45, 7) is 3.98. The summed E-state index contributed by atoms with van der Waals surface area (Å²) in [4.78, 5) is 11.8. The number of rotatable bonds is 4. The van der Waals surface area contributed by atoms with Gasteiger partial charge in [0.25, 0.3) is 0 Å². The van der Waals surface area contributed by atoms with E-state index in [1.807, 2.05) is 0 Å². The molecule has 1 aromatic rings. The molecule has 0 saturated carbocycles. The Hall–Kier alpha value is -1.37. The van der Waals surface area contributed by atoms with E-state index in [1.165, 1.54) is 0 Å². The molecule has 0 aliphatic carbocycles. The van der Waals surface area contributed by atoms with Gasteiger partial charge in [-0.15, -0.1) is 0 Å². The van der Waals surface area contributed by atoms with Crippen LogP contribution in [0.25, 0.3) is 0 Å². The van der Waals surface area contributed by atoms with Gasteiger partial charge >= 0.3 is 0 Å². The van der Waals surface area contributed by atoms with Crippen molar-refractivity contribution in [3.05, 3.63) is 17.0 Å². The van der Waals surface area contributed by atoms with Crippen LogP contribution in [0.1, 0.15) is 23.4 Å². The maximum atomic E-state index is 11.8. The first kappa shape index (κ1) is 14.0. The Morgan fingerprint density at radius 1 is 1.47 bits per heavy atom. The molecule has 1 aliphatic heterocycles. The van der Waals surface area contributed by atoms with Crippen LogP contribution < -0.4 is 5.32 Å². The molecule has 1 amide bonds. The SMILES string of the molecule is Cc1noc(C)c1CC(=O)NC[C@H]1CCS(=O)(=O)C1. The van der Waals surface area contributed by atoms with Crippen molar-refractivity contribution in [2.24, 2.45) is 5.92 Å². The third-order valence-corrected chi connectivity index (χ3v) is 5.27. The van der Waals surface area contributed by atoms with E-state index in [0.29, 0.717) is 18.7 Å². The monoisotopic (exact) mass is 286 g/mol. The lowest BCUT2D eigenvalue weighted by molar-refractivity contribution is -0.120. The highest BCUT2D eigenvalue weighted by atomic mass is 32.2. The number of nitrogens with zero attached hydrogens (tertiary/aromatic N) is 1. The van der Waals surface area contributed by atoms with Crippen LogP contribution in [-0.2, 0) is 21.1 Å².